The number of aromatic nitrogens is 3. The number of hydrogen-bond donors (Lipinski definition) is 2. The molecule has 0 bridgehead atoms. The first-order valence-electron chi connectivity index (χ1n) is 10.9. The highest BCUT2D eigenvalue weighted by Gasteiger charge is 2.27. The third-order valence-corrected chi connectivity index (χ3v) is 5.99. The van der Waals surface area contributed by atoms with Crippen molar-refractivity contribution in [1.82, 2.24) is 14.8 Å². The number of fused-ring (bicyclic) bond motifs is 2. The van der Waals surface area contributed by atoms with Gasteiger partial charge in [0.15, 0.2) is 0 Å². The Bertz CT molecular complexity index is 1220. The van der Waals surface area contributed by atoms with Crippen molar-refractivity contribution in [3.8, 4) is 5.69 Å². The lowest BCUT2D eigenvalue weighted by Crippen LogP contribution is -2.09. The van der Waals surface area contributed by atoms with Crippen LogP contribution in [-0.4, -0.2) is 25.8 Å². The first-order chi connectivity index (χ1) is 14.9. The Labute approximate surface area is 180 Å². The molecular formula is C25H28FN3O2. The first kappa shape index (κ1) is 21.1. The van der Waals surface area contributed by atoms with Crippen LogP contribution in [0.4, 0.5) is 4.39 Å². The predicted octanol–water partition coefficient (Wildman–Crippen LogP) is 6.52. The summed E-state index contributed by atoms with van der Waals surface area (Å²) in [7, 11) is 0. The second-order valence-electron chi connectivity index (χ2n) is 8.51. The molecule has 162 valence electrons. The minimum absolute atomic E-state index is 0.128. The van der Waals surface area contributed by atoms with Gasteiger partial charge in [-0.15, -0.1) is 0 Å². The van der Waals surface area contributed by atoms with Gasteiger partial charge in [0.25, 0.3) is 0 Å². The Morgan fingerprint density at radius 2 is 1.94 bits per heavy atom. The maximum Gasteiger partial charge on any atom is 0.303 e. The predicted molar refractivity (Wildman–Crippen MR) is 121 cm³/mol. The SMILES string of the molecule is CCC[C@H](CCC(=O)O)c1c(C(C)C)n(-c2ccc(F)cc2)c2cc3cn[nH]c3cc12. The van der Waals surface area contributed by atoms with Crippen molar-refractivity contribution >= 4 is 27.8 Å². The zero-order chi connectivity index (χ0) is 22.1. The van der Waals surface area contributed by atoms with Gasteiger partial charge in [-0.25, -0.2) is 4.39 Å². The van der Waals surface area contributed by atoms with Gasteiger partial charge in [-0.3, -0.25) is 9.89 Å². The lowest BCUT2D eigenvalue weighted by molar-refractivity contribution is -0.137. The molecule has 4 rings (SSSR count). The van der Waals surface area contributed by atoms with E-state index in [4.69, 9.17) is 0 Å². The molecule has 0 fully saturated rings. The van der Waals surface area contributed by atoms with Crippen LogP contribution in [0.15, 0.2) is 42.6 Å². The molecule has 0 unspecified atom stereocenters. The Hall–Kier alpha value is -3.15. The van der Waals surface area contributed by atoms with Gasteiger partial charge in [0.2, 0.25) is 0 Å². The van der Waals surface area contributed by atoms with Crippen LogP contribution in [0.3, 0.4) is 0 Å². The van der Waals surface area contributed by atoms with E-state index in [0.29, 0.717) is 6.42 Å². The number of carboxylic acid groups (broad SMARTS) is 1. The molecule has 1 atom stereocenters. The summed E-state index contributed by atoms with van der Waals surface area (Å²) in [6.07, 6.45) is 4.41. The monoisotopic (exact) mass is 421 g/mol. The number of aliphatic carboxylic acids is 1. The van der Waals surface area contributed by atoms with Crippen molar-refractivity contribution in [2.75, 3.05) is 0 Å². The molecule has 6 heteroatoms. The van der Waals surface area contributed by atoms with E-state index in [9.17, 15) is 14.3 Å². The molecule has 0 aliphatic carbocycles. The first-order valence-corrected chi connectivity index (χ1v) is 10.9. The van der Waals surface area contributed by atoms with Crippen molar-refractivity contribution in [3.05, 3.63) is 59.7 Å². The Morgan fingerprint density at radius 1 is 1.19 bits per heavy atom. The van der Waals surface area contributed by atoms with Crippen LogP contribution in [0.5, 0.6) is 0 Å². The van der Waals surface area contributed by atoms with E-state index in [-0.39, 0.29) is 24.1 Å². The summed E-state index contributed by atoms with van der Waals surface area (Å²) in [5, 5.41) is 18.7. The average molecular weight is 422 g/mol. The van der Waals surface area contributed by atoms with E-state index in [1.165, 1.54) is 17.7 Å². The number of benzene rings is 2. The molecule has 2 aromatic heterocycles. The van der Waals surface area contributed by atoms with Crippen LogP contribution in [0, 0.1) is 5.82 Å². The summed E-state index contributed by atoms with van der Waals surface area (Å²) in [5.74, 6) is -0.712. The van der Waals surface area contributed by atoms with Crippen molar-refractivity contribution in [1.29, 1.82) is 0 Å². The van der Waals surface area contributed by atoms with E-state index in [1.54, 1.807) is 18.3 Å². The molecule has 0 aliphatic heterocycles. The molecule has 2 heterocycles. The average Bonchev–Trinajstić information content (AvgIpc) is 3.32. The number of rotatable bonds is 8. The molecule has 2 aromatic carbocycles. The lowest BCUT2D eigenvalue weighted by atomic mass is 9.85. The number of H-pyrrole nitrogens is 1. The van der Waals surface area contributed by atoms with Gasteiger partial charge in [-0.05, 0) is 66.6 Å². The van der Waals surface area contributed by atoms with E-state index in [2.05, 4.69) is 47.7 Å². The van der Waals surface area contributed by atoms with Crippen LogP contribution in [0.1, 0.15) is 69.5 Å². The summed E-state index contributed by atoms with van der Waals surface area (Å²) in [5.41, 5.74) is 5.25. The van der Waals surface area contributed by atoms with Crippen LogP contribution < -0.4 is 0 Å². The van der Waals surface area contributed by atoms with Crippen LogP contribution >= 0.6 is 0 Å². The molecule has 0 saturated heterocycles. The van der Waals surface area contributed by atoms with Crippen LogP contribution in [-0.2, 0) is 4.79 Å². The lowest BCUT2D eigenvalue weighted by Gasteiger charge is -2.21. The fourth-order valence-corrected chi connectivity index (χ4v) is 4.71. The summed E-state index contributed by atoms with van der Waals surface area (Å²) < 4.78 is 15.9. The standard InChI is InChI=1S/C25H28FN3O2/c1-4-5-16(6-11-23(30)31)24-20-13-21-17(14-27-28-21)12-22(20)29(25(24)15(2)3)19-9-7-18(26)8-10-19/h7-10,12-16H,4-6,11H2,1-3H3,(H,27,28)(H,30,31)/t16-/m1/s1. The summed E-state index contributed by atoms with van der Waals surface area (Å²) in [4.78, 5) is 11.4. The molecule has 0 amide bonds. The number of aromatic amines is 1. The van der Waals surface area contributed by atoms with E-state index in [0.717, 1.165) is 46.0 Å². The molecule has 0 aliphatic rings. The minimum atomic E-state index is -0.773. The summed E-state index contributed by atoms with van der Waals surface area (Å²) >= 11 is 0. The maximum atomic E-state index is 13.7. The molecule has 0 spiro atoms. The van der Waals surface area contributed by atoms with E-state index >= 15 is 0 Å². The number of nitrogens with zero attached hydrogens (tertiary/aromatic N) is 2. The largest absolute Gasteiger partial charge is 0.481 e. The fourth-order valence-electron chi connectivity index (χ4n) is 4.71. The molecular weight excluding hydrogens is 393 g/mol. The Kier molecular flexibility index (Phi) is 5.81. The third kappa shape index (κ3) is 3.94. The third-order valence-electron chi connectivity index (χ3n) is 5.99. The molecule has 0 saturated carbocycles. The molecule has 2 N–H and O–H groups in total. The second kappa shape index (κ2) is 8.53. The van der Waals surface area contributed by atoms with Gasteiger partial charge in [0, 0.05) is 28.6 Å². The Morgan fingerprint density at radius 3 is 2.58 bits per heavy atom. The molecule has 31 heavy (non-hydrogen) atoms. The number of hydrogen-bond acceptors (Lipinski definition) is 2. The number of nitrogens with one attached hydrogen (secondary N) is 1. The summed E-state index contributed by atoms with van der Waals surface area (Å²) in [6, 6.07) is 10.8. The smallest absolute Gasteiger partial charge is 0.303 e. The highest BCUT2D eigenvalue weighted by Crippen LogP contribution is 2.42. The topological polar surface area (TPSA) is 70.9 Å². The Balaban J connectivity index is 2.06. The highest BCUT2D eigenvalue weighted by atomic mass is 19.1. The quantitative estimate of drug-likeness (QED) is 0.340. The normalized spacial score (nSPS) is 12.8. The van der Waals surface area contributed by atoms with Crippen LogP contribution in [0.2, 0.25) is 0 Å². The zero-order valence-electron chi connectivity index (χ0n) is 18.2. The zero-order valence-corrected chi connectivity index (χ0v) is 18.2. The van der Waals surface area contributed by atoms with E-state index in [1.807, 2.05) is 0 Å². The fraction of sp³-hybridized carbons (Fsp3) is 0.360. The van der Waals surface area contributed by atoms with Gasteiger partial charge in [-0.2, -0.15) is 5.10 Å². The van der Waals surface area contributed by atoms with Gasteiger partial charge in [0.1, 0.15) is 5.82 Å². The number of carbonyl (C=O) groups is 1. The van der Waals surface area contributed by atoms with Crippen molar-refractivity contribution in [2.24, 2.45) is 0 Å². The maximum absolute atomic E-state index is 13.7. The van der Waals surface area contributed by atoms with Crippen LogP contribution in [0.25, 0.3) is 27.5 Å². The second-order valence-corrected chi connectivity index (χ2v) is 8.51. The van der Waals surface area contributed by atoms with Crippen molar-refractivity contribution in [2.45, 2.75) is 58.3 Å². The molecule has 5 nitrogen and oxygen atoms in total. The van der Waals surface area contributed by atoms with Crippen molar-refractivity contribution < 1.29 is 14.3 Å². The highest BCUT2D eigenvalue weighted by molar-refractivity contribution is 5.99. The number of carboxylic acids is 1. The molecule has 4 aromatic rings. The minimum Gasteiger partial charge on any atom is -0.481 e. The van der Waals surface area contributed by atoms with Crippen molar-refractivity contribution in [3.63, 3.8) is 0 Å². The van der Waals surface area contributed by atoms with Gasteiger partial charge < -0.3 is 9.67 Å². The number of halogens is 1. The molecule has 0 radical (unpaired) electrons. The van der Waals surface area contributed by atoms with Gasteiger partial charge >= 0.3 is 5.97 Å². The van der Waals surface area contributed by atoms with Gasteiger partial charge in [0.05, 0.1) is 17.2 Å². The summed E-state index contributed by atoms with van der Waals surface area (Å²) in [6.45, 7) is 6.45. The van der Waals surface area contributed by atoms with Gasteiger partial charge in [-0.1, -0.05) is 27.2 Å². The van der Waals surface area contributed by atoms with E-state index < -0.39 is 5.97 Å².